The van der Waals surface area contributed by atoms with Gasteiger partial charge in [0.2, 0.25) is 5.76 Å². The molecule has 0 unspecified atom stereocenters. The van der Waals surface area contributed by atoms with Crippen molar-refractivity contribution in [2.45, 2.75) is 0 Å². The monoisotopic (exact) mass is 243 g/mol. The Morgan fingerprint density at radius 1 is 1.39 bits per heavy atom. The molecule has 2 heterocycles. The molecule has 0 saturated heterocycles. The van der Waals surface area contributed by atoms with Crippen molar-refractivity contribution < 1.29 is 13.9 Å². The van der Waals surface area contributed by atoms with E-state index in [1.165, 1.54) is 12.3 Å². The van der Waals surface area contributed by atoms with Crippen LogP contribution in [0.4, 0.5) is 5.82 Å². The van der Waals surface area contributed by atoms with Crippen molar-refractivity contribution in [2.75, 3.05) is 5.73 Å². The van der Waals surface area contributed by atoms with E-state index < -0.39 is 5.97 Å². The summed E-state index contributed by atoms with van der Waals surface area (Å²) in [5, 5.41) is 7.33. The van der Waals surface area contributed by atoms with Crippen molar-refractivity contribution in [3.63, 3.8) is 0 Å². The van der Waals surface area contributed by atoms with Gasteiger partial charge in [-0.3, -0.25) is 5.10 Å². The summed E-state index contributed by atoms with van der Waals surface area (Å²) in [5.41, 5.74) is 6.45. The number of H-pyrrole nitrogens is 1. The molecule has 0 fully saturated rings. The van der Waals surface area contributed by atoms with Crippen LogP contribution in [0.2, 0.25) is 0 Å². The Labute approximate surface area is 101 Å². The fraction of sp³-hybridized carbons (Fsp3) is 0. The van der Waals surface area contributed by atoms with Crippen LogP contribution >= 0.6 is 0 Å². The highest BCUT2D eigenvalue weighted by molar-refractivity contribution is 5.92. The van der Waals surface area contributed by atoms with Gasteiger partial charge in [-0.2, -0.15) is 5.10 Å². The van der Waals surface area contributed by atoms with E-state index in [0.717, 1.165) is 5.52 Å². The van der Waals surface area contributed by atoms with Gasteiger partial charge < -0.3 is 14.9 Å². The first-order valence-electron chi connectivity index (χ1n) is 5.23. The predicted molar refractivity (Wildman–Crippen MR) is 64.2 cm³/mol. The van der Waals surface area contributed by atoms with Gasteiger partial charge in [-0.15, -0.1) is 0 Å². The number of carbonyl (C=O) groups excluding carboxylic acids is 1. The summed E-state index contributed by atoms with van der Waals surface area (Å²) in [5.74, 6) is 0.342. The van der Waals surface area contributed by atoms with Crippen molar-refractivity contribution in [1.29, 1.82) is 0 Å². The molecule has 6 heteroatoms. The van der Waals surface area contributed by atoms with Crippen LogP contribution in [0.15, 0.2) is 41.0 Å². The average Bonchev–Trinajstić information content (AvgIpc) is 3.00. The third-order valence-electron chi connectivity index (χ3n) is 2.50. The van der Waals surface area contributed by atoms with E-state index in [-0.39, 0.29) is 5.76 Å². The Morgan fingerprint density at radius 2 is 2.28 bits per heavy atom. The molecule has 18 heavy (non-hydrogen) atoms. The topological polar surface area (TPSA) is 94.1 Å². The number of anilines is 1. The number of nitrogens with one attached hydrogen (secondary N) is 1. The number of nitrogens with two attached hydrogens (primary N) is 1. The van der Waals surface area contributed by atoms with E-state index in [1.807, 2.05) is 0 Å². The fourth-order valence-corrected chi connectivity index (χ4v) is 1.63. The minimum absolute atomic E-state index is 0.148. The first-order chi connectivity index (χ1) is 8.74. The average molecular weight is 243 g/mol. The summed E-state index contributed by atoms with van der Waals surface area (Å²) in [7, 11) is 0. The highest BCUT2D eigenvalue weighted by Gasteiger charge is 2.12. The molecule has 90 valence electrons. The van der Waals surface area contributed by atoms with E-state index >= 15 is 0 Å². The Kier molecular flexibility index (Phi) is 2.26. The first-order valence-corrected chi connectivity index (χ1v) is 5.23. The number of ether oxygens (including phenoxy) is 1. The summed E-state index contributed by atoms with van der Waals surface area (Å²) in [4.78, 5) is 11.7. The molecule has 0 aliphatic carbocycles. The maximum Gasteiger partial charge on any atom is 0.379 e. The molecule has 3 rings (SSSR count). The van der Waals surface area contributed by atoms with Crippen molar-refractivity contribution in [3.8, 4) is 5.75 Å². The van der Waals surface area contributed by atoms with Gasteiger partial charge in [0.15, 0.2) is 5.82 Å². The molecule has 3 N–H and O–H groups in total. The Morgan fingerprint density at radius 3 is 3.06 bits per heavy atom. The number of esters is 1. The third-order valence-corrected chi connectivity index (χ3v) is 2.50. The highest BCUT2D eigenvalue weighted by Crippen LogP contribution is 2.23. The predicted octanol–water partition coefficient (Wildman–Crippen LogP) is 1.96. The molecule has 0 spiro atoms. The second kappa shape index (κ2) is 3.92. The van der Waals surface area contributed by atoms with Crippen LogP contribution in [-0.2, 0) is 0 Å². The zero-order valence-electron chi connectivity index (χ0n) is 9.21. The molecule has 0 saturated carbocycles. The van der Waals surface area contributed by atoms with Gasteiger partial charge in [-0.05, 0) is 30.3 Å². The number of aromatic nitrogens is 2. The van der Waals surface area contributed by atoms with Crippen LogP contribution in [0.25, 0.3) is 10.9 Å². The zero-order chi connectivity index (χ0) is 12.5. The van der Waals surface area contributed by atoms with Crippen LogP contribution in [0.3, 0.4) is 0 Å². The van der Waals surface area contributed by atoms with Crippen molar-refractivity contribution in [1.82, 2.24) is 10.2 Å². The molecule has 0 aliphatic rings. The number of nitrogen functional groups attached to an aromatic ring is 1. The third kappa shape index (κ3) is 1.69. The number of fused-ring (bicyclic) bond motifs is 1. The van der Waals surface area contributed by atoms with Gasteiger partial charge in [0, 0.05) is 5.39 Å². The van der Waals surface area contributed by atoms with Crippen LogP contribution in [-0.4, -0.2) is 16.2 Å². The molecule has 2 aromatic heterocycles. The quantitative estimate of drug-likeness (QED) is 0.530. The Hall–Kier alpha value is -2.76. The molecule has 0 radical (unpaired) electrons. The Balaban J connectivity index is 1.91. The lowest BCUT2D eigenvalue weighted by Gasteiger charge is -2.02. The lowest BCUT2D eigenvalue weighted by Crippen LogP contribution is -2.06. The van der Waals surface area contributed by atoms with E-state index in [0.29, 0.717) is 17.0 Å². The fourth-order valence-electron chi connectivity index (χ4n) is 1.63. The maximum absolute atomic E-state index is 11.7. The van der Waals surface area contributed by atoms with Crippen LogP contribution < -0.4 is 10.5 Å². The summed E-state index contributed by atoms with van der Waals surface area (Å²) in [6.45, 7) is 0. The number of hydrogen-bond acceptors (Lipinski definition) is 5. The van der Waals surface area contributed by atoms with Gasteiger partial charge in [0.05, 0.1) is 11.8 Å². The summed E-state index contributed by atoms with van der Waals surface area (Å²) < 4.78 is 10.1. The number of hydrogen-bond donors (Lipinski definition) is 2. The molecule has 0 amide bonds. The molecule has 1 aromatic carbocycles. The minimum Gasteiger partial charge on any atom is -0.457 e. The summed E-state index contributed by atoms with van der Waals surface area (Å²) in [6, 6.07) is 8.19. The van der Waals surface area contributed by atoms with Gasteiger partial charge in [-0.1, -0.05) is 0 Å². The minimum atomic E-state index is -0.554. The second-order valence-electron chi connectivity index (χ2n) is 3.68. The number of nitrogens with zero attached hydrogens (tertiary/aromatic N) is 1. The van der Waals surface area contributed by atoms with E-state index in [1.54, 1.807) is 24.3 Å². The lowest BCUT2D eigenvalue weighted by atomic mass is 10.2. The van der Waals surface area contributed by atoms with Crippen molar-refractivity contribution in [3.05, 3.63) is 42.4 Å². The molecule has 0 atom stereocenters. The number of benzene rings is 1. The molecule has 6 nitrogen and oxygen atoms in total. The SMILES string of the molecule is Nc1n[nH]c2ccc(OC(=O)c3ccco3)cc12. The van der Waals surface area contributed by atoms with Crippen LogP contribution in [0, 0.1) is 0 Å². The standard InChI is InChI=1S/C12H9N3O3/c13-11-8-6-7(3-4-9(8)14-15-11)18-12(16)10-2-1-5-17-10/h1-6H,(H3,13,14,15). The van der Waals surface area contributed by atoms with Gasteiger partial charge >= 0.3 is 5.97 Å². The van der Waals surface area contributed by atoms with Crippen LogP contribution in [0.5, 0.6) is 5.75 Å². The van der Waals surface area contributed by atoms with Gasteiger partial charge in [-0.25, -0.2) is 4.79 Å². The molecule has 0 bridgehead atoms. The largest absolute Gasteiger partial charge is 0.457 e. The normalized spacial score (nSPS) is 10.7. The molecule has 3 aromatic rings. The summed E-state index contributed by atoms with van der Waals surface area (Å²) >= 11 is 0. The van der Waals surface area contributed by atoms with Crippen LogP contribution in [0.1, 0.15) is 10.6 Å². The highest BCUT2D eigenvalue weighted by atomic mass is 16.5. The molecule has 0 aliphatic heterocycles. The lowest BCUT2D eigenvalue weighted by molar-refractivity contribution is 0.0701. The van der Waals surface area contributed by atoms with E-state index in [9.17, 15) is 4.79 Å². The van der Waals surface area contributed by atoms with Crippen molar-refractivity contribution >= 4 is 22.7 Å². The summed E-state index contributed by atoms with van der Waals surface area (Å²) in [6.07, 6.45) is 1.41. The number of rotatable bonds is 2. The first kappa shape index (κ1) is 10.4. The number of furan rings is 1. The Bertz CT molecular complexity index is 701. The molecular formula is C12H9N3O3. The van der Waals surface area contributed by atoms with E-state index in [4.69, 9.17) is 14.9 Å². The van der Waals surface area contributed by atoms with Crippen molar-refractivity contribution in [2.24, 2.45) is 0 Å². The number of aromatic amines is 1. The molecular weight excluding hydrogens is 234 g/mol. The van der Waals surface area contributed by atoms with Gasteiger partial charge in [0.25, 0.3) is 0 Å². The van der Waals surface area contributed by atoms with Gasteiger partial charge in [0.1, 0.15) is 5.75 Å². The number of carbonyl (C=O) groups is 1. The smallest absolute Gasteiger partial charge is 0.379 e. The maximum atomic E-state index is 11.7. The second-order valence-corrected chi connectivity index (χ2v) is 3.68. The van der Waals surface area contributed by atoms with E-state index in [2.05, 4.69) is 10.2 Å². The zero-order valence-corrected chi connectivity index (χ0v) is 9.21.